The van der Waals surface area contributed by atoms with Gasteiger partial charge in [0.2, 0.25) is 0 Å². The lowest BCUT2D eigenvalue weighted by atomic mass is 10.1. The summed E-state index contributed by atoms with van der Waals surface area (Å²) in [5.74, 6) is 0.466. The zero-order valence-corrected chi connectivity index (χ0v) is 15.9. The second-order valence-corrected chi connectivity index (χ2v) is 7.39. The molecular formula is C22H24N4O. The van der Waals surface area contributed by atoms with Gasteiger partial charge in [-0.1, -0.05) is 48.5 Å². The van der Waals surface area contributed by atoms with Crippen LogP contribution >= 0.6 is 0 Å². The van der Waals surface area contributed by atoms with Crippen LogP contribution in [0.3, 0.4) is 0 Å². The van der Waals surface area contributed by atoms with Gasteiger partial charge in [0.15, 0.2) is 5.69 Å². The van der Waals surface area contributed by atoms with E-state index < -0.39 is 0 Å². The van der Waals surface area contributed by atoms with Crippen molar-refractivity contribution in [3.8, 4) is 0 Å². The maximum Gasteiger partial charge on any atom is 0.279 e. The van der Waals surface area contributed by atoms with Gasteiger partial charge in [0.1, 0.15) is 5.82 Å². The zero-order valence-electron chi connectivity index (χ0n) is 15.9. The number of carbonyl (C=O) groups excluding carboxylic acids is 1. The molecule has 0 saturated heterocycles. The Hall–Kier alpha value is -3.21. The maximum atomic E-state index is 13.1. The summed E-state index contributed by atoms with van der Waals surface area (Å²) in [4.78, 5) is 14.9. The molecule has 0 spiro atoms. The normalized spacial score (nSPS) is 11.1. The SMILES string of the molecule is CC(C)(C)Nc1ccc(C(=O)N(Cc2ccccc2)c2ccccc2)nn1. The Morgan fingerprint density at radius 2 is 1.52 bits per heavy atom. The third-order valence-electron chi connectivity index (χ3n) is 3.88. The molecule has 0 bridgehead atoms. The van der Waals surface area contributed by atoms with E-state index in [9.17, 15) is 4.79 Å². The third kappa shape index (κ3) is 5.14. The number of hydrogen-bond donors (Lipinski definition) is 1. The number of aromatic nitrogens is 2. The Labute approximate surface area is 160 Å². The first-order chi connectivity index (χ1) is 12.9. The molecule has 5 nitrogen and oxygen atoms in total. The summed E-state index contributed by atoms with van der Waals surface area (Å²) in [5, 5.41) is 11.6. The quantitative estimate of drug-likeness (QED) is 0.726. The van der Waals surface area contributed by atoms with Crippen molar-refractivity contribution in [1.82, 2.24) is 10.2 Å². The Balaban J connectivity index is 1.86. The van der Waals surface area contributed by atoms with Crippen molar-refractivity contribution in [1.29, 1.82) is 0 Å². The van der Waals surface area contributed by atoms with E-state index in [-0.39, 0.29) is 11.4 Å². The molecule has 1 heterocycles. The van der Waals surface area contributed by atoms with Crippen LogP contribution < -0.4 is 10.2 Å². The van der Waals surface area contributed by atoms with Crippen LogP contribution in [0.25, 0.3) is 0 Å². The highest BCUT2D eigenvalue weighted by molar-refractivity contribution is 6.04. The molecule has 0 atom stereocenters. The number of hydrogen-bond acceptors (Lipinski definition) is 4. The standard InChI is InChI=1S/C22H24N4O/c1-22(2,3)23-20-15-14-19(24-25-20)21(27)26(18-12-8-5-9-13-18)16-17-10-6-4-7-11-17/h4-15H,16H2,1-3H3,(H,23,25). The number of rotatable bonds is 5. The van der Waals surface area contributed by atoms with E-state index in [1.165, 1.54) is 0 Å². The minimum absolute atomic E-state index is 0.121. The Kier molecular flexibility index (Phi) is 5.50. The van der Waals surface area contributed by atoms with Crippen molar-refractivity contribution >= 4 is 17.4 Å². The monoisotopic (exact) mass is 360 g/mol. The minimum Gasteiger partial charge on any atom is -0.364 e. The second kappa shape index (κ2) is 7.99. The van der Waals surface area contributed by atoms with Gasteiger partial charge >= 0.3 is 0 Å². The van der Waals surface area contributed by atoms with Crippen LogP contribution in [0.4, 0.5) is 11.5 Å². The van der Waals surface area contributed by atoms with Crippen molar-refractivity contribution in [2.24, 2.45) is 0 Å². The zero-order chi connectivity index (χ0) is 19.3. The predicted octanol–water partition coefficient (Wildman–Crippen LogP) is 4.53. The van der Waals surface area contributed by atoms with E-state index >= 15 is 0 Å². The first-order valence-electron chi connectivity index (χ1n) is 8.95. The average Bonchev–Trinajstić information content (AvgIpc) is 2.66. The van der Waals surface area contributed by atoms with Crippen molar-refractivity contribution in [2.75, 3.05) is 10.2 Å². The molecule has 3 aromatic rings. The van der Waals surface area contributed by atoms with Crippen LogP contribution in [0, 0.1) is 0 Å². The maximum absolute atomic E-state index is 13.1. The Morgan fingerprint density at radius 3 is 2.07 bits per heavy atom. The fraction of sp³-hybridized carbons (Fsp3) is 0.227. The molecule has 0 aliphatic rings. The molecule has 5 heteroatoms. The molecule has 138 valence electrons. The van der Waals surface area contributed by atoms with Crippen LogP contribution in [0.1, 0.15) is 36.8 Å². The Bertz CT molecular complexity index is 872. The lowest BCUT2D eigenvalue weighted by Gasteiger charge is -2.23. The molecular weight excluding hydrogens is 336 g/mol. The number of nitrogens with zero attached hydrogens (tertiary/aromatic N) is 3. The van der Waals surface area contributed by atoms with Gasteiger partial charge in [0.25, 0.3) is 5.91 Å². The van der Waals surface area contributed by atoms with Gasteiger partial charge in [-0.3, -0.25) is 4.79 Å². The largest absolute Gasteiger partial charge is 0.364 e. The van der Waals surface area contributed by atoms with Crippen LogP contribution in [-0.2, 0) is 6.54 Å². The van der Waals surface area contributed by atoms with Crippen molar-refractivity contribution in [2.45, 2.75) is 32.9 Å². The number of benzene rings is 2. The molecule has 2 aromatic carbocycles. The lowest BCUT2D eigenvalue weighted by Crippen LogP contribution is -2.31. The average molecular weight is 360 g/mol. The summed E-state index contributed by atoms with van der Waals surface area (Å²) in [6.45, 7) is 6.60. The summed E-state index contributed by atoms with van der Waals surface area (Å²) in [6.07, 6.45) is 0. The van der Waals surface area contributed by atoms with Gasteiger partial charge in [0.05, 0.1) is 6.54 Å². The molecule has 0 aliphatic carbocycles. The summed E-state index contributed by atoms with van der Waals surface area (Å²) in [7, 11) is 0. The van der Waals surface area contributed by atoms with Crippen molar-refractivity contribution in [3.05, 3.63) is 84.1 Å². The molecule has 0 aliphatic heterocycles. The van der Waals surface area contributed by atoms with Gasteiger partial charge in [-0.2, -0.15) is 0 Å². The highest BCUT2D eigenvalue weighted by atomic mass is 16.2. The summed E-state index contributed by atoms with van der Waals surface area (Å²) < 4.78 is 0. The first kappa shape index (κ1) is 18.6. The van der Waals surface area contributed by atoms with Gasteiger partial charge in [-0.25, -0.2) is 0 Å². The van der Waals surface area contributed by atoms with E-state index in [1.807, 2.05) is 81.4 Å². The first-order valence-corrected chi connectivity index (χ1v) is 8.95. The van der Waals surface area contributed by atoms with E-state index in [4.69, 9.17) is 0 Å². The summed E-state index contributed by atoms with van der Waals surface area (Å²) in [5.41, 5.74) is 2.07. The van der Waals surface area contributed by atoms with Crippen LogP contribution in [0.5, 0.6) is 0 Å². The smallest absolute Gasteiger partial charge is 0.279 e. The van der Waals surface area contributed by atoms with Crippen molar-refractivity contribution < 1.29 is 4.79 Å². The number of nitrogens with one attached hydrogen (secondary N) is 1. The topological polar surface area (TPSA) is 58.1 Å². The minimum atomic E-state index is -0.181. The van der Waals surface area contributed by atoms with Gasteiger partial charge in [-0.15, -0.1) is 10.2 Å². The van der Waals surface area contributed by atoms with E-state index in [0.717, 1.165) is 11.3 Å². The molecule has 0 radical (unpaired) electrons. The molecule has 1 aromatic heterocycles. The number of para-hydroxylation sites is 1. The molecule has 0 saturated carbocycles. The van der Waals surface area contributed by atoms with Gasteiger partial charge in [-0.05, 0) is 50.6 Å². The molecule has 27 heavy (non-hydrogen) atoms. The summed E-state index contributed by atoms with van der Waals surface area (Å²) >= 11 is 0. The van der Waals surface area contributed by atoms with Crippen molar-refractivity contribution in [3.63, 3.8) is 0 Å². The fourth-order valence-electron chi connectivity index (χ4n) is 2.69. The highest BCUT2D eigenvalue weighted by Crippen LogP contribution is 2.20. The van der Waals surface area contributed by atoms with Gasteiger partial charge < -0.3 is 10.2 Å². The molecule has 0 fully saturated rings. The van der Waals surface area contributed by atoms with Crippen LogP contribution in [-0.4, -0.2) is 21.6 Å². The highest BCUT2D eigenvalue weighted by Gasteiger charge is 2.20. The molecule has 1 amide bonds. The number of carbonyl (C=O) groups is 1. The van der Waals surface area contributed by atoms with Gasteiger partial charge in [0, 0.05) is 11.2 Å². The number of anilines is 2. The molecule has 3 rings (SSSR count). The van der Waals surface area contributed by atoms with Crippen LogP contribution in [0.15, 0.2) is 72.8 Å². The number of amides is 1. The lowest BCUT2D eigenvalue weighted by molar-refractivity contribution is 0.0979. The fourth-order valence-corrected chi connectivity index (χ4v) is 2.69. The van der Waals surface area contributed by atoms with E-state index in [1.54, 1.807) is 17.0 Å². The Morgan fingerprint density at radius 1 is 0.889 bits per heavy atom. The van der Waals surface area contributed by atoms with E-state index in [0.29, 0.717) is 18.1 Å². The molecule has 0 unspecified atom stereocenters. The summed E-state index contributed by atoms with van der Waals surface area (Å²) in [6, 6.07) is 23.0. The second-order valence-electron chi connectivity index (χ2n) is 7.39. The predicted molar refractivity (Wildman–Crippen MR) is 109 cm³/mol. The molecule has 1 N–H and O–H groups in total. The van der Waals surface area contributed by atoms with Crippen LogP contribution in [0.2, 0.25) is 0 Å². The third-order valence-corrected chi connectivity index (χ3v) is 3.88. The van der Waals surface area contributed by atoms with E-state index in [2.05, 4.69) is 15.5 Å².